The fourth-order valence-corrected chi connectivity index (χ4v) is 3.26. The largest absolute Gasteiger partial charge is 0.411 e. The van der Waals surface area contributed by atoms with Gasteiger partial charge in [-0.1, -0.05) is 67.6 Å². The first-order valence-corrected chi connectivity index (χ1v) is 9.72. The summed E-state index contributed by atoms with van der Waals surface area (Å²) in [5.74, 6) is 1.31. The molecule has 0 saturated heterocycles. The molecule has 0 aliphatic rings. The average Bonchev–Trinajstić information content (AvgIpc) is 3.14. The number of thioether (sulfide) groups is 1. The average molecular weight is 366 g/mol. The van der Waals surface area contributed by atoms with Crippen molar-refractivity contribution in [2.45, 2.75) is 38.3 Å². The van der Waals surface area contributed by atoms with Gasteiger partial charge in [-0.2, -0.15) is 0 Å². The predicted octanol–water partition coefficient (Wildman–Crippen LogP) is 5.53. The minimum absolute atomic E-state index is 0.0565. The molecule has 0 saturated carbocycles. The monoisotopic (exact) mass is 366 g/mol. The minimum atomic E-state index is 0.0565. The van der Waals surface area contributed by atoms with Crippen LogP contribution in [-0.4, -0.2) is 21.7 Å². The highest BCUT2D eigenvalue weighted by atomic mass is 32.2. The van der Waals surface area contributed by atoms with E-state index in [1.807, 2.05) is 55.5 Å². The Morgan fingerprint density at radius 2 is 1.92 bits per heavy atom. The lowest BCUT2D eigenvalue weighted by molar-refractivity contribution is 0.102. The van der Waals surface area contributed by atoms with Crippen LogP contribution in [0.3, 0.4) is 0 Å². The number of nitrogens with zero attached hydrogens (tertiary/aromatic N) is 2. The van der Waals surface area contributed by atoms with E-state index in [4.69, 9.17) is 4.42 Å². The molecule has 1 aromatic heterocycles. The van der Waals surface area contributed by atoms with Crippen LogP contribution in [0.1, 0.15) is 47.7 Å². The number of aromatic nitrogens is 2. The molecule has 0 fully saturated rings. The van der Waals surface area contributed by atoms with Gasteiger partial charge in [0.15, 0.2) is 5.78 Å². The van der Waals surface area contributed by atoms with Crippen molar-refractivity contribution >= 4 is 17.5 Å². The molecule has 2 aromatic carbocycles. The number of hydrogen-bond acceptors (Lipinski definition) is 5. The molecular weight excluding hydrogens is 344 g/mol. The van der Waals surface area contributed by atoms with Crippen molar-refractivity contribution in [2.24, 2.45) is 0 Å². The molecule has 0 aliphatic carbocycles. The van der Waals surface area contributed by atoms with Crippen LogP contribution in [-0.2, 0) is 0 Å². The van der Waals surface area contributed by atoms with E-state index in [-0.39, 0.29) is 11.5 Å². The van der Waals surface area contributed by atoms with Gasteiger partial charge in [0, 0.05) is 11.1 Å². The molecule has 0 bridgehead atoms. The van der Waals surface area contributed by atoms with Gasteiger partial charge in [-0.3, -0.25) is 4.79 Å². The second-order valence-electron chi connectivity index (χ2n) is 6.39. The zero-order valence-electron chi connectivity index (χ0n) is 15.2. The molecule has 0 radical (unpaired) electrons. The lowest BCUT2D eigenvalue weighted by atomic mass is 9.97. The Balaban J connectivity index is 1.61. The maximum Gasteiger partial charge on any atom is 0.277 e. The Labute approximate surface area is 158 Å². The van der Waals surface area contributed by atoms with Crippen molar-refractivity contribution in [3.8, 4) is 11.5 Å². The van der Waals surface area contributed by atoms with E-state index in [1.165, 1.54) is 17.3 Å². The van der Waals surface area contributed by atoms with Gasteiger partial charge in [-0.15, -0.1) is 10.2 Å². The van der Waals surface area contributed by atoms with Crippen molar-refractivity contribution in [3.05, 3.63) is 65.2 Å². The summed E-state index contributed by atoms with van der Waals surface area (Å²) in [6.07, 6.45) is 1.09. The van der Waals surface area contributed by atoms with Crippen LogP contribution in [0.25, 0.3) is 11.5 Å². The Hall–Kier alpha value is -2.40. The molecule has 3 aromatic rings. The van der Waals surface area contributed by atoms with Gasteiger partial charge in [0.1, 0.15) is 0 Å². The van der Waals surface area contributed by atoms with Gasteiger partial charge in [-0.05, 0) is 37.0 Å². The SMILES string of the molecule is CC[C@@H](C)c1ccc(C(=O)CSc2nnc(-c3cccc(C)c3)o2)cc1. The summed E-state index contributed by atoms with van der Waals surface area (Å²) in [5.41, 5.74) is 3.99. The maximum absolute atomic E-state index is 12.4. The van der Waals surface area contributed by atoms with Crippen LogP contribution in [0.5, 0.6) is 0 Å². The smallest absolute Gasteiger partial charge is 0.277 e. The van der Waals surface area contributed by atoms with Crippen LogP contribution in [0.15, 0.2) is 58.2 Å². The lowest BCUT2D eigenvalue weighted by Crippen LogP contribution is -2.03. The minimum Gasteiger partial charge on any atom is -0.411 e. The molecule has 1 heterocycles. The standard InChI is InChI=1S/C21H22N2O2S/c1-4-15(3)16-8-10-17(11-9-16)19(24)13-26-21-23-22-20(25-21)18-7-5-6-14(2)12-18/h5-12,15H,4,13H2,1-3H3/t15-/m1/s1. The molecule has 0 aliphatic heterocycles. The summed E-state index contributed by atoms with van der Waals surface area (Å²) in [6, 6.07) is 15.8. The van der Waals surface area contributed by atoms with Gasteiger partial charge in [0.25, 0.3) is 5.22 Å². The van der Waals surface area contributed by atoms with E-state index in [0.29, 0.717) is 22.6 Å². The molecule has 134 valence electrons. The van der Waals surface area contributed by atoms with Crippen LogP contribution < -0.4 is 0 Å². The van der Waals surface area contributed by atoms with Crippen molar-refractivity contribution in [2.75, 3.05) is 5.75 Å². The number of Topliss-reactive ketones (excluding diaryl/α,β-unsaturated/α-hetero) is 1. The number of carbonyl (C=O) groups excluding carboxylic acids is 1. The summed E-state index contributed by atoms with van der Waals surface area (Å²) in [7, 11) is 0. The lowest BCUT2D eigenvalue weighted by Gasteiger charge is -2.09. The van der Waals surface area contributed by atoms with Gasteiger partial charge in [0.05, 0.1) is 5.75 Å². The molecule has 26 heavy (non-hydrogen) atoms. The van der Waals surface area contributed by atoms with Crippen molar-refractivity contribution in [3.63, 3.8) is 0 Å². The van der Waals surface area contributed by atoms with Gasteiger partial charge < -0.3 is 4.42 Å². The molecule has 3 rings (SSSR count). The van der Waals surface area contributed by atoms with E-state index in [9.17, 15) is 4.79 Å². The molecule has 0 spiro atoms. The van der Waals surface area contributed by atoms with E-state index >= 15 is 0 Å². The number of aryl methyl sites for hydroxylation is 1. The number of carbonyl (C=O) groups is 1. The number of hydrogen-bond donors (Lipinski definition) is 0. The molecule has 0 amide bonds. The quantitative estimate of drug-likeness (QED) is 0.406. The Morgan fingerprint density at radius 1 is 1.15 bits per heavy atom. The number of benzene rings is 2. The second-order valence-corrected chi connectivity index (χ2v) is 7.31. The van der Waals surface area contributed by atoms with E-state index in [2.05, 4.69) is 24.0 Å². The third kappa shape index (κ3) is 4.41. The van der Waals surface area contributed by atoms with Crippen molar-refractivity contribution in [1.29, 1.82) is 0 Å². The summed E-state index contributed by atoms with van der Waals surface area (Å²) < 4.78 is 5.66. The second kappa shape index (κ2) is 8.32. The van der Waals surface area contributed by atoms with Crippen LogP contribution in [0.2, 0.25) is 0 Å². The molecule has 4 nitrogen and oxygen atoms in total. The zero-order valence-corrected chi connectivity index (χ0v) is 16.0. The highest BCUT2D eigenvalue weighted by Crippen LogP contribution is 2.25. The maximum atomic E-state index is 12.4. The molecular formula is C21H22N2O2S. The summed E-state index contributed by atoms with van der Waals surface area (Å²) in [6.45, 7) is 6.37. The van der Waals surface area contributed by atoms with Crippen LogP contribution >= 0.6 is 11.8 Å². The normalized spacial score (nSPS) is 12.1. The topological polar surface area (TPSA) is 56.0 Å². The molecule has 0 N–H and O–H groups in total. The highest BCUT2D eigenvalue weighted by molar-refractivity contribution is 7.99. The Morgan fingerprint density at radius 3 is 2.62 bits per heavy atom. The van der Waals surface area contributed by atoms with Crippen LogP contribution in [0.4, 0.5) is 0 Å². The Bertz CT molecular complexity index is 887. The fourth-order valence-electron chi connectivity index (χ4n) is 2.61. The summed E-state index contributed by atoms with van der Waals surface area (Å²) in [5, 5.41) is 8.51. The zero-order chi connectivity index (χ0) is 18.5. The number of rotatable bonds is 7. The van der Waals surface area contributed by atoms with E-state index in [1.54, 1.807) is 0 Å². The molecule has 0 unspecified atom stereocenters. The predicted molar refractivity (Wildman–Crippen MR) is 105 cm³/mol. The highest BCUT2D eigenvalue weighted by Gasteiger charge is 2.13. The summed E-state index contributed by atoms with van der Waals surface area (Å²) >= 11 is 1.27. The third-order valence-electron chi connectivity index (χ3n) is 4.41. The van der Waals surface area contributed by atoms with E-state index < -0.39 is 0 Å². The third-order valence-corrected chi connectivity index (χ3v) is 5.23. The molecule has 5 heteroatoms. The fraction of sp³-hybridized carbons (Fsp3) is 0.286. The van der Waals surface area contributed by atoms with Crippen molar-refractivity contribution in [1.82, 2.24) is 10.2 Å². The van der Waals surface area contributed by atoms with Gasteiger partial charge >= 0.3 is 0 Å². The van der Waals surface area contributed by atoms with Crippen molar-refractivity contribution < 1.29 is 9.21 Å². The first-order chi connectivity index (χ1) is 12.6. The van der Waals surface area contributed by atoms with Gasteiger partial charge in [-0.25, -0.2) is 0 Å². The number of ketones is 1. The van der Waals surface area contributed by atoms with E-state index in [0.717, 1.165) is 17.5 Å². The summed E-state index contributed by atoms with van der Waals surface area (Å²) in [4.78, 5) is 12.4. The first-order valence-electron chi connectivity index (χ1n) is 8.73. The van der Waals surface area contributed by atoms with Gasteiger partial charge in [0.2, 0.25) is 5.89 Å². The Kier molecular flexibility index (Phi) is 5.89. The first kappa shape index (κ1) is 18.4. The van der Waals surface area contributed by atoms with Crippen LogP contribution in [0, 0.1) is 6.92 Å². The molecule has 1 atom stereocenters.